The van der Waals surface area contributed by atoms with Crippen molar-refractivity contribution in [3.63, 3.8) is 0 Å². The number of amidine groups is 1. The molecule has 1 aliphatic heterocycles. The molecule has 0 saturated carbocycles. The minimum Gasteiger partial charge on any atom is -0.449 e. The zero-order valence-corrected chi connectivity index (χ0v) is 11.0. The van der Waals surface area contributed by atoms with Crippen LogP contribution in [0.15, 0.2) is 29.3 Å². The molecule has 21 heavy (non-hydrogen) atoms. The second-order valence-corrected chi connectivity index (χ2v) is 5.10. The number of hydrogen-bond donors (Lipinski definition) is 1. The highest BCUT2D eigenvalue weighted by molar-refractivity contribution is 5.73. The van der Waals surface area contributed by atoms with Crippen LogP contribution in [-0.2, 0) is 10.3 Å². The maximum absolute atomic E-state index is 13.9. The molecule has 2 atom stereocenters. The Morgan fingerprint density at radius 1 is 1.33 bits per heavy atom. The van der Waals surface area contributed by atoms with Crippen molar-refractivity contribution in [3.05, 3.63) is 35.6 Å². The maximum atomic E-state index is 13.9. The Morgan fingerprint density at radius 2 is 1.95 bits per heavy atom. The van der Waals surface area contributed by atoms with Crippen LogP contribution in [0.5, 0.6) is 0 Å². The Labute approximate surface area is 117 Å². The molecular weight excluding hydrogens is 295 g/mol. The summed E-state index contributed by atoms with van der Waals surface area (Å²) in [4.78, 5) is 3.63. The van der Waals surface area contributed by atoms with Crippen molar-refractivity contribution in [2.45, 2.75) is 30.7 Å². The van der Waals surface area contributed by atoms with Gasteiger partial charge in [-0.15, -0.1) is 0 Å². The fraction of sp³-hybridized carbons (Fsp3) is 0.462. The molecule has 0 spiro atoms. The Balaban J connectivity index is 2.59. The second kappa shape index (κ2) is 4.85. The Bertz CT molecular complexity index is 574. The fourth-order valence-corrected chi connectivity index (χ4v) is 2.40. The van der Waals surface area contributed by atoms with E-state index in [9.17, 15) is 22.0 Å². The van der Waals surface area contributed by atoms with Gasteiger partial charge in [0.25, 0.3) is 6.02 Å². The van der Waals surface area contributed by atoms with Crippen molar-refractivity contribution in [1.82, 2.24) is 0 Å². The molecule has 116 valence electrons. The van der Waals surface area contributed by atoms with Gasteiger partial charge in [-0.2, -0.15) is 13.2 Å². The lowest BCUT2D eigenvalue weighted by Gasteiger charge is -2.42. The van der Waals surface area contributed by atoms with Crippen molar-refractivity contribution >= 4 is 6.02 Å². The van der Waals surface area contributed by atoms with Crippen LogP contribution >= 0.6 is 0 Å². The van der Waals surface area contributed by atoms with Crippen LogP contribution in [0.4, 0.5) is 22.0 Å². The maximum Gasteiger partial charge on any atom is 0.428 e. The van der Waals surface area contributed by atoms with Crippen molar-refractivity contribution in [3.8, 4) is 0 Å². The topological polar surface area (TPSA) is 47.6 Å². The van der Waals surface area contributed by atoms with Gasteiger partial charge in [-0.1, -0.05) is 18.2 Å². The first-order valence-electron chi connectivity index (χ1n) is 6.06. The third kappa shape index (κ3) is 2.54. The van der Waals surface area contributed by atoms with Gasteiger partial charge in [0, 0.05) is 12.0 Å². The van der Waals surface area contributed by atoms with Crippen LogP contribution in [0, 0.1) is 5.82 Å². The molecule has 0 fully saturated rings. The molecule has 1 aliphatic rings. The number of rotatable bonds is 2. The lowest BCUT2D eigenvalue weighted by atomic mass is 9.79. The molecule has 2 rings (SSSR count). The summed E-state index contributed by atoms with van der Waals surface area (Å²) in [6.45, 7) is -0.594. The van der Waals surface area contributed by atoms with Crippen molar-refractivity contribution in [1.29, 1.82) is 0 Å². The van der Waals surface area contributed by atoms with Gasteiger partial charge >= 0.3 is 6.18 Å². The zero-order valence-electron chi connectivity index (χ0n) is 11.0. The minimum atomic E-state index is -4.81. The van der Waals surface area contributed by atoms with Gasteiger partial charge in [0.1, 0.15) is 18.0 Å². The van der Waals surface area contributed by atoms with E-state index in [0.29, 0.717) is 0 Å². The Hall–Kier alpha value is -1.86. The second-order valence-electron chi connectivity index (χ2n) is 5.10. The summed E-state index contributed by atoms with van der Waals surface area (Å²) in [5.74, 6) is -0.849. The number of ether oxygens (including phenoxy) is 1. The molecule has 1 heterocycles. The SMILES string of the molecule is C[C@]1(C(F)(F)F)C[C@](CF)(c2ccccc2F)N=C(N)O1. The van der Waals surface area contributed by atoms with Crippen molar-refractivity contribution in [2.24, 2.45) is 10.7 Å². The normalized spacial score (nSPS) is 29.7. The summed E-state index contributed by atoms with van der Waals surface area (Å²) in [5.41, 5.74) is 0.201. The number of benzene rings is 1. The standard InChI is InChI=1S/C13H13F5N2O/c1-11(13(16,17)18)6-12(7-14,20-10(19)21-11)8-4-2-3-5-9(8)15/h2-5H,6-7H2,1H3,(H2,19,20)/t11-,12+/m1/s1. The summed E-state index contributed by atoms with van der Waals surface area (Å²) in [7, 11) is 0. The van der Waals surface area contributed by atoms with Crippen LogP contribution < -0.4 is 5.73 Å². The molecule has 1 aromatic rings. The van der Waals surface area contributed by atoms with E-state index in [0.717, 1.165) is 13.0 Å². The quantitative estimate of drug-likeness (QED) is 0.854. The Kier molecular flexibility index (Phi) is 3.59. The number of alkyl halides is 4. The molecule has 0 bridgehead atoms. The lowest BCUT2D eigenvalue weighted by Crippen LogP contribution is -2.56. The van der Waals surface area contributed by atoms with Crippen LogP contribution in [0.3, 0.4) is 0 Å². The van der Waals surface area contributed by atoms with E-state index in [4.69, 9.17) is 5.73 Å². The highest BCUT2D eigenvalue weighted by atomic mass is 19.4. The molecular formula is C13H13F5N2O. The van der Waals surface area contributed by atoms with Gasteiger partial charge in [0.15, 0.2) is 0 Å². The summed E-state index contributed by atoms with van der Waals surface area (Å²) >= 11 is 0. The summed E-state index contributed by atoms with van der Waals surface area (Å²) in [5, 5.41) is 0. The predicted molar refractivity (Wildman–Crippen MR) is 65.8 cm³/mol. The smallest absolute Gasteiger partial charge is 0.428 e. The summed E-state index contributed by atoms with van der Waals surface area (Å²) < 4.78 is 71.4. The molecule has 3 nitrogen and oxygen atoms in total. The highest BCUT2D eigenvalue weighted by Crippen LogP contribution is 2.47. The number of nitrogens with two attached hydrogens (primary N) is 1. The van der Waals surface area contributed by atoms with Crippen molar-refractivity contribution < 1.29 is 26.7 Å². The monoisotopic (exact) mass is 308 g/mol. The highest BCUT2D eigenvalue weighted by Gasteiger charge is 2.60. The average molecular weight is 308 g/mol. The first kappa shape index (κ1) is 15.5. The van der Waals surface area contributed by atoms with Crippen LogP contribution in [-0.4, -0.2) is 24.5 Å². The van der Waals surface area contributed by atoms with Crippen LogP contribution in [0.2, 0.25) is 0 Å². The first-order valence-corrected chi connectivity index (χ1v) is 6.06. The van der Waals surface area contributed by atoms with Crippen LogP contribution in [0.25, 0.3) is 0 Å². The molecule has 0 unspecified atom stereocenters. The molecule has 0 saturated heterocycles. The zero-order chi connectivity index (χ0) is 15.9. The van der Waals surface area contributed by atoms with Gasteiger partial charge in [0.2, 0.25) is 5.60 Å². The predicted octanol–water partition coefficient (Wildman–Crippen LogP) is 3.05. The van der Waals surface area contributed by atoms with E-state index in [2.05, 4.69) is 9.73 Å². The molecule has 8 heteroatoms. The molecule has 2 N–H and O–H groups in total. The van der Waals surface area contributed by atoms with Gasteiger partial charge in [-0.3, -0.25) is 0 Å². The number of aliphatic imine (C=N–C) groups is 1. The van der Waals surface area contributed by atoms with E-state index in [-0.39, 0.29) is 5.56 Å². The molecule has 0 radical (unpaired) electrons. The minimum absolute atomic E-state index is 0.283. The third-order valence-electron chi connectivity index (χ3n) is 3.48. The third-order valence-corrected chi connectivity index (χ3v) is 3.48. The van der Waals surface area contributed by atoms with E-state index in [1.54, 1.807) is 0 Å². The summed E-state index contributed by atoms with van der Waals surface area (Å²) in [6, 6.07) is 4.14. The van der Waals surface area contributed by atoms with E-state index in [1.807, 2.05) is 0 Å². The lowest BCUT2D eigenvalue weighted by molar-refractivity contribution is -0.258. The number of hydrogen-bond acceptors (Lipinski definition) is 3. The van der Waals surface area contributed by atoms with E-state index < -0.39 is 42.3 Å². The Morgan fingerprint density at radius 3 is 2.48 bits per heavy atom. The van der Waals surface area contributed by atoms with Gasteiger partial charge in [-0.25, -0.2) is 13.8 Å². The average Bonchev–Trinajstić information content (AvgIpc) is 2.36. The van der Waals surface area contributed by atoms with E-state index in [1.165, 1.54) is 18.2 Å². The first-order chi connectivity index (χ1) is 9.63. The molecule has 0 amide bonds. The summed E-state index contributed by atoms with van der Waals surface area (Å²) in [6.07, 6.45) is -5.71. The van der Waals surface area contributed by atoms with Crippen LogP contribution in [0.1, 0.15) is 18.9 Å². The number of halogens is 5. The van der Waals surface area contributed by atoms with Gasteiger partial charge in [-0.05, 0) is 13.0 Å². The molecule has 1 aromatic carbocycles. The molecule has 0 aliphatic carbocycles. The van der Waals surface area contributed by atoms with E-state index >= 15 is 0 Å². The largest absolute Gasteiger partial charge is 0.449 e. The molecule has 0 aromatic heterocycles. The number of nitrogens with zero attached hydrogens (tertiary/aromatic N) is 1. The van der Waals surface area contributed by atoms with Gasteiger partial charge in [0.05, 0.1) is 0 Å². The van der Waals surface area contributed by atoms with Crippen molar-refractivity contribution in [2.75, 3.05) is 6.67 Å². The van der Waals surface area contributed by atoms with Gasteiger partial charge < -0.3 is 10.5 Å². The fourth-order valence-electron chi connectivity index (χ4n) is 2.40.